The maximum Gasteiger partial charge on any atom is 0.321 e. The number of carboxylic acid groups (broad SMARTS) is 1. The van der Waals surface area contributed by atoms with E-state index in [-0.39, 0.29) is 5.56 Å². The molecule has 0 saturated carbocycles. The normalized spacial score (nSPS) is 13.4. The van der Waals surface area contributed by atoms with Gasteiger partial charge in [0.15, 0.2) is 15.1 Å². The minimum absolute atomic E-state index is 0.290. The third-order valence-electron chi connectivity index (χ3n) is 2.55. The van der Waals surface area contributed by atoms with Crippen LogP contribution in [0, 0.1) is 12.7 Å². The van der Waals surface area contributed by atoms with E-state index in [4.69, 9.17) is 5.11 Å². The summed E-state index contributed by atoms with van der Waals surface area (Å²) in [6.07, 6.45) is 0. The average Bonchev–Trinajstić information content (AvgIpc) is 2.21. The SMILES string of the molecule is Cc1ccc(F)cc1CS(=O)(=O)C(C)C(=O)O. The van der Waals surface area contributed by atoms with Gasteiger partial charge in [-0.05, 0) is 37.1 Å². The van der Waals surface area contributed by atoms with Crippen LogP contribution in [0.5, 0.6) is 0 Å². The highest BCUT2D eigenvalue weighted by molar-refractivity contribution is 7.91. The first kappa shape index (κ1) is 13.6. The molecule has 0 aliphatic heterocycles. The third kappa shape index (κ3) is 3.26. The Morgan fingerprint density at radius 3 is 2.59 bits per heavy atom. The Morgan fingerprint density at radius 2 is 2.06 bits per heavy atom. The van der Waals surface area contributed by atoms with E-state index in [2.05, 4.69) is 0 Å². The zero-order valence-corrected chi connectivity index (χ0v) is 10.3. The minimum atomic E-state index is -3.82. The molecule has 0 fully saturated rings. The summed E-state index contributed by atoms with van der Waals surface area (Å²) in [6, 6.07) is 3.80. The number of rotatable bonds is 4. The Labute approximate surface area is 99.0 Å². The molecule has 1 unspecified atom stereocenters. The van der Waals surface area contributed by atoms with E-state index in [1.165, 1.54) is 12.1 Å². The van der Waals surface area contributed by atoms with Crippen LogP contribution in [0.15, 0.2) is 18.2 Å². The Bertz CT molecular complexity index is 536. The van der Waals surface area contributed by atoms with E-state index in [0.29, 0.717) is 5.56 Å². The molecule has 6 heteroatoms. The van der Waals surface area contributed by atoms with Crippen LogP contribution in [0.1, 0.15) is 18.1 Å². The van der Waals surface area contributed by atoms with Gasteiger partial charge < -0.3 is 5.11 Å². The number of hydrogen-bond acceptors (Lipinski definition) is 3. The van der Waals surface area contributed by atoms with Crippen molar-refractivity contribution in [2.24, 2.45) is 0 Å². The molecular formula is C11H13FO4S. The van der Waals surface area contributed by atoms with Crippen molar-refractivity contribution in [1.82, 2.24) is 0 Å². The number of benzene rings is 1. The van der Waals surface area contributed by atoms with Gasteiger partial charge in [-0.2, -0.15) is 0 Å². The number of aryl methyl sites for hydroxylation is 1. The molecule has 0 aliphatic carbocycles. The Morgan fingerprint density at radius 1 is 1.47 bits per heavy atom. The molecule has 0 radical (unpaired) electrons. The van der Waals surface area contributed by atoms with E-state index in [1.807, 2.05) is 0 Å². The van der Waals surface area contributed by atoms with Crippen LogP contribution >= 0.6 is 0 Å². The summed E-state index contributed by atoms with van der Waals surface area (Å²) in [4.78, 5) is 10.6. The monoisotopic (exact) mass is 260 g/mol. The van der Waals surface area contributed by atoms with Gasteiger partial charge in [-0.25, -0.2) is 12.8 Å². The van der Waals surface area contributed by atoms with Crippen molar-refractivity contribution in [3.05, 3.63) is 35.1 Å². The minimum Gasteiger partial charge on any atom is -0.480 e. The lowest BCUT2D eigenvalue weighted by Gasteiger charge is -2.10. The summed E-state index contributed by atoms with van der Waals surface area (Å²) in [6.45, 7) is 2.75. The van der Waals surface area contributed by atoms with Crippen molar-refractivity contribution in [2.45, 2.75) is 24.9 Å². The molecule has 0 amide bonds. The largest absolute Gasteiger partial charge is 0.480 e. The van der Waals surface area contributed by atoms with Crippen LogP contribution in [-0.2, 0) is 20.4 Å². The third-order valence-corrected chi connectivity index (χ3v) is 4.55. The Hall–Kier alpha value is -1.43. The average molecular weight is 260 g/mol. The van der Waals surface area contributed by atoms with Crippen LogP contribution < -0.4 is 0 Å². The number of hydrogen-bond donors (Lipinski definition) is 1. The lowest BCUT2D eigenvalue weighted by Crippen LogP contribution is -2.28. The van der Waals surface area contributed by atoms with E-state index in [1.54, 1.807) is 6.92 Å². The molecule has 4 nitrogen and oxygen atoms in total. The van der Waals surface area contributed by atoms with Crippen LogP contribution in [0.25, 0.3) is 0 Å². The van der Waals surface area contributed by atoms with Crippen LogP contribution in [0.2, 0.25) is 0 Å². The fraction of sp³-hybridized carbons (Fsp3) is 0.364. The highest BCUT2D eigenvalue weighted by Crippen LogP contribution is 2.16. The van der Waals surface area contributed by atoms with Crippen molar-refractivity contribution < 1.29 is 22.7 Å². The van der Waals surface area contributed by atoms with Gasteiger partial charge in [0, 0.05) is 0 Å². The van der Waals surface area contributed by atoms with Crippen molar-refractivity contribution in [1.29, 1.82) is 0 Å². The van der Waals surface area contributed by atoms with E-state index >= 15 is 0 Å². The molecule has 0 aromatic heterocycles. The lowest BCUT2D eigenvalue weighted by atomic mass is 10.1. The second-order valence-corrected chi connectivity index (χ2v) is 6.18. The molecule has 0 bridgehead atoms. The smallest absolute Gasteiger partial charge is 0.321 e. The molecule has 1 N–H and O–H groups in total. The van der Waals surface area contributed by atoms with Gasteiger partial charge in [0.25, 0.3) is 0 Å². The molecule has 94 valence electrons. The quantitative estimate of drug-likeness (QED) is 0.891. The zero-order chi connectivity index (χ0) is 13.2. The molecular weight excluding hydrogens is 247 g/mol. The summed E-state index contributed by atoms with van der Waals surface area (Å²) in [5, 5.41) is 7.17. The van der Waals surface area contributed by atoms with Crippen molar-refractivity contribution >= 4 is 15.8 Å². The van der Waals surface area contributed by atoms with Crippen LogP contribution in [0.4, 0.5) is 4.39 Å². The van der Waals surface area contributed by atoms with Crippen LogP contribution in [0.3, 0.4) is 0 Å². The molecule has 17 heavy (non-hydrogen) atoms. The number of halogens is 1. The first-order valence-corrected chi connectivity index (χ1v) is 6.65. The van der Waals surface area contributed by atoms with Gasteiger partial charge in [0.2, 0.25) is 0 Å². The van der Waals surface area contributed by atoms with E-state index < -0.39 is 32.6 Å². The van der Waals surface area contributed by atoms with Crippen molar-refractivity contribution in [2.75, 3.05) is 0 Å². The lowest BCUT2D eigenvalue weighted by molar-refractivity contribution is -0.136. The first-order chi connectivity index (χ1) is 7.74. The zero-order valence-electron chi connectivity index (χ0n) is 9.47. The summed E-state index contributed by atoms with van der Waals surface area (Å²) in [5.41, 5.74) is 0.908. The van der Waals surface area contributed by atoms with E-state index in [9.17, 15) is 17.6 Å². The molecule has 0 saturated heterocycles. The maximum atomic E-state index is 13.0. The summed E-state index contributed by atoms with van der Waals surface area (Å²) >= 11 is 0. The predicted octanol–water partition coefficient (Wildman–Crippen LogP) is 1.52. The molecule has 1 aromatic carbocycles. The molecule has 0 spiro atoms. The summed E-state index contributed by atoms with van der Waals surface area (Å²) in [7, 11) is -3.82. The van der Waals surface area contributed by atoms with Gasteiger partial charge >= 0.3 is 5.97 Å². The standard InChI is InChI=1S/C11H13FO4S/c1-7-3-4-10(12)5-9(7)6-17(15,16)8(2)11(13)14/h3-5,8H,6H2,1-2H3,(H,13,14). The highest BCUT2D eigenvalue weighted by Gasteiger charge is 2.28. The number of carboxylic acids is 1. The molecule has 1 atom stereocenters. The summed E-state index contributed by atoms with van der Waals surface area (Å²) < 4.78 is 36.4. The molecule has 1 aromatic rings. The molecule has 0 aliphatic rings. The first-order valence-electron chi connectivity index (χ1n) is 4.93. The topological polar surface area (TPSA) is 71.4 Å². The van der Waals surface area contributed by atoms with E-state index in [0.717, 1.165) is 13.0 Å². The number of carbonyl (C=O) groups is 1. The fourth-order valence-corrected chi connectivity index (χ4v) is 2.59. The van der Waals surface area contributed by atoms with Crippen LogP contribution in [-0.4, -0.2) is 24.7 Å². The number of sulfone groups is 1. The Balaban J connectivity index is 3.06. The molecule has 1 rings (SSSR count). The second-order valence-electron chi connectivity index (χ2n) is 3.86. The second kappa shape index (κ2) is 4.83. The molecule has 0 heterocycles. The number of aliphatic carboxylic acids is 1. The van der Waals surface area contributed by atoms with Gasteiger partial charge in [0.05, 0.1) is 5.75 Å². The van der Waals surface area contributed by atoms with Gasteiger partial charge in [-0.1, -0.05) is 6.07 Å². The van der Waals surface area contributed by atoms with Crippen molar-refractivity contribution in [3.63, 3.8) is 0 Å². The Kier molecular flexibility index (Phi) is 3.87. The van der Waals surface area contributed by atoms with Crippen molar-refractivity contribution in [3.8, 4) is 0 Å². The maximum absolute atomic E-state index is 13.0. The summed E-state index contributed by atoms with van der Waals surface area (Å²) in [5.74, 6) is -2.41. The van der Waals surface area contributed by atoms with Gasteiger partial charge in [0.1, 0.15) is 5.82 Å². The van der Waals surface area contributed by atoms with Gasteiger partial charge in [-0.15, -0.1) is 0 Å². The predicted molar refractivity (Wildman–Crippen MR) is 60.9 cm³/mol. The van der Waals surface area contributed by atoms with Gasteiger partial charge in [-0.3, -0.25) is 4.79 Å². The fourth-order valence-electron chi connectivity index (χ4n) is 1.29. The highest BCUT2D eigenvalue weighted by atomic mass is 32.2.